The van der Waals surface area contributed by atoms with Crippen molar-refractivity contribution in [3.05, 3.63) is 76.0 Å². The highest BCUT2D eigenvalue weighted by Gasteiger charge is 2.30. The van der Waals surface area contributed by atoms with E-state index in [4.69, 9.17) is 23.8 Å². The molecule has 2 aromatic rings. The number of carbonyl (C=O) groups is 1. The van der Waals surface area contributed by atoms with Gasteiger partial charge < -0.3 is 16.0 Å². The number of halogens is 1. The van der Waals surface area contributed by atoms with Crippen molar-refractivity contribution in [2.45, 2.75) is 19.9 Å². The van der Waals surface area contributed by atoms with E-state index < -0.39 is 0 Å². The second kappa shape index (κ2) is 7.25. The summed E-state index contributed by atoms with van der Waals surface area (Å²) < 4.78 is 0. The molecule has 1 heterocycles. The standard InChI is InChI=1S/C19H18ClN3OS/c1-11-5-3-4-6-15(11)17-16(12(2)21-19(25)23-17)18(24)22-14-9-7-13(20)8-10-14/h3-10,17H,1-2H3,(H,22,24)(H2,21,23,25). The SMILES string of the molecule is CC1=C(C(=O)Nc2ccc(Cl)cc2)C(c2ccccc2C)NC(=S)N1. The summed E-state index contributed by atoms with van der Waals surface area (Å²) in [4.78, 5) is 12.9. The molecule has 0 radical (unpaired) electrons. The van der Waals surface area contributed by atoms with Crippen LogP contribution in [-0.2, 0) is 4.79 Å². The minimum absolute atomic E-state index is 0.185. The number of hydrogen-bond donors (Lipinski definition) is 3. The molecular formula is C19H18ClN3OS. The third-order valence-corrected chi connectivity index (χ3v) is 4.59. The summed E-state index contributed by atoms with van der Waals surface area (Å²) in [5, 5.41) is 10.3. The van der Waals surface area contributed by atoms with Gasteiger partial charge in [0.15, 0.2) is 5.11 Å². The molecule has 1 aliphatic heterocycles. The van der Waals surface area contributed by atoms with Crippen LogP contribution in [0.1, 0.15) is 24.1 Å². The topological polar surface area (TPSA) is 53.2 Å². The van der Waals surface area contributed by atoms with Crippen LogP contribution in [0.4, 0.5) is 5.69 Å². The zero-order valence-corrected chi connectivity index (χ0v) is 15.5. The number of nitrogens with one attached hydrogen (secondary N) is 3. The number of anilines is 1. The first-order valence-electron chi connectivity index (χ1n) is 7.86. The number of amides is 1. The Kier molecular flexibility index (Phi) is 5.06. The smallest absolute Gasteiger partial charge is 0.255 e. The summed E-state index contributed by atoms with van der Waals surface area (Å²) in [7, 11) is 0. The van der Waals surface area contributed by atoms with Gasteiger partial charge in [0, 0.05) is 16.4 Å². The lowest BCUT2D eigenvalue weighted by molar-refractivity contribution is -0.113. The van der Waals surface area contributed by atoms with Gasteiger partial charge in [-0.3, -0.25) is 4.79 Å². The number of thiocarbonyl (C=S) groups is 1. The van der Waals surface area contributed by atoms with Crippen LogP contribution in [0.3, 0.4) is 0 Å². The van der Waals surface area contributed by atoms with Gasteiger partial charge in [0.05, 0.1) is 11.6 Å². The van der Waals surface area contributed by atoms with E-state index in [1.165, 1.54) is 0 Å². The number of hydrogen-bond acceptors (Lipinski definition) is 2. The first-order chi connectivity index (χ1) is 12.0. The maximum atomic E-state index is 12.9. The number of rotatable bonds is 3. The summed E-state index contributed by atoms with van der Waals surface area (Å²) in [6.07, 6.45) is 0. The molecule has 4 nitrogen and oxygen atoms in total. The van der Waals surface area contributed by atoms with Crippen molar-refractivity contribution >= 4 is 40.5 Å². The molecule has 0 spiro atoms. The van der Waals surface area contributed by atoms with Gasteiger partial charge in [0.1, 0.15) is 0 Å². The molecule has 25 heavy (non-hydrogen) atoms. The maximum Gasteiger partial charge on any atom is 0.255 e. The van der Waals surface area contributed by atoms with E-state index in [0.717, 1.165) is 16.8 Å². The fraction of sp³-hybridized carbons (Fsp3) is 0.158. The second-order valence-corrected chi connectivity index (χ2v) is 6.73. The van der Waals surface area contributed by atoms with E-state index in [1.54, 1.807) is 24.3 Å². The lowest BCUT2D eigenvalue weighted by Gasteiger charge is -2.31. The van der Waals surface area contributed by atoms with Crippen LogP contribution in [0, 0.1) is 6.92 Å². The highest BCUT2D eigenvalue weighted by atomic mass is 35.5. The molecule has 0 saturated heterocycles. The Morgan fingerprint density at radius 1 is 1.12 bits per heavy atom. The van der Waals surface area contributed by atoms with Gasteiger partial charge in [-0.1, -0.05) is 35.9 Å². The van der Waals surface area contributed by atoms with Crippen molar-refractivity contribution in [1.29, 1.82) is 0 Å². The second-order valence-electron chi connectivity index (χ2n) is 5.89. The third kappa shape index (κ3) is 3.83. The molecule has 128 valence electrons. The average Bonchev–Trinajstić information content (AvgIpc) is 2.56. The third-order valence-electron chi connectivity index (χ3n) is 4.12. The average molecular weight is 372 g/mol. The zero-order valence-electron chi connectivity index (χ0n) is 13.9. The Bertz CT molecular complexity index is 861. The number of benzene rings is 2. The van der Waals surface area contributed by atoms with Crippen molar-refractivity contribution in [3.63, 3.8) is 0 Å². The zero-order chi connectivity index (χ0) is 18.0. The Morgan fingerprint density at radius 3 is 2.48 bits per heavy atom. The molecule has 2 aromatic carbocycles. The molecule has 1 atom stereocenters. The predicted molar refractivity (Wildman–Crippen MR) is 106 cm³/mol. The van der Waals surface area contributed by atoms with Gasteiger partial charge in [-0.05, 0) is 61.5 Å². The Hall–Kier alpha value is -2.37. The van der Waals surface area contributed by atoms with Gasteiger partial charge in [-0.2, -0.15) is 0 Å². The molecule has 0 bridgehead atoms. The first kappa shape index (κ1) is 17.5. The number of aryl methyl sites for hydroxylation is 1. The van der Waals surface area contributed by atoms with E-state index in [2.05, 4.69) is 16.0 Å². The van der Waals surface area contributed by atoms with Crippen molar-refractivity contribution in [1.82, 2.24) is 10.6 Å². The normalized spacial score (nSPS) is 16.9. The summed E-state index contributed by atoms with van der Waals surface area (Å²) >= 11 is 11.2. The molecule has 0 saturated carbocycles. The molecule has 3 rings (SSSR count). The van der Waals surface area contributed by atoms with Crippen LogP contribution in [-0.4, -0.2) is 11.0 Å². The Labute approximate surface area is 157 Å². The maximum absolute atomic E-state index is 12.9. The van der Waals surface area contributed by atoms with Crippen LogP contribution < -0.4 is 16.0 Å². The summed E-state index contributed by atoms with van der Waals surface area (Å²) in [6, 6.07) is 14.7. The van der Waals surface area contributed by atoms with E-state index in [9.17, 15) is 4.79 Å². The van der Waals surface area contributed by atoms with Crippen LogP contribution in [0.25, 0.3) is 0 Å². The van der Waals surface area contributed by atoms with E-state index in [-0.39, 0.29) is 11.9 Å². The van der Waals surface area contributed by atoms with Gasteiger partial charge >= 0.3 is 0 Å². The highest BCUT2D eigenvalue weighted by molar-refractivity contribution is 7.80. The largest absolute Gasteiger partial charge is 0.351 e. The predicted octanol–water partition coefficient (Wildman–Crippen LogP) is 4.08. The summed E-state index contributed by atoms with van der Waals surface area (Å²) in [5.41, 5.74) is 4.15. The molecule has 1 unspecified atom stereocenters. The molecule has 6 heteroatoms. The van der Waals surface area contributed by atoms with Crippen LogP contribution >= 0.6 is 23.8 Å². The van der Waals surface area contributed by atoms with Crippen molar-refractivity contribution in [3.8, 4) is 0 Å². The monoisotopic (exact) mass is 371 g/mol. The Morgan fingerprint density at radius 2 is 1.80 bits per heavy atom. The minimum atomic E-state index is -0.303. The lowest BCUT2D eigenvalue weighted by Crippen LogP contribution is -2.46. The van der Waals surface area contributed by atoms with Gasteiger partial charge in [-0.15, -0.1) is 0 Å². The van der Waals surface area contributed by atoms with Gasteiger partial charge in [0.25, 0.3) is 5.91 Å². The molecule has 1 amide bonds. The minimum Gasteiger partial charge on any atom is -0.351 e. The number of allylic oxidation sites excluding steroid dienone is 1. The molecule has 3 N–H and O–H groups in total. The van der Waals surface area contributed by atoms with Gasteiger partial charge in [0.2, 0.25) is 0 Å². The molecule has 0 aromatic heterocycles. The fourth-order valence-electron chi connectivity index (χ4n) is 2.87. The van der Waals surface area contributed by atoms with E-state index in [1.807, 2.05) is 38.1 Å². The molecule has 0 aliphatic carbocycles. The van der Waals surface area contributed by atoms with E-state index in [0.29, 0.717) is 21.4 Å². The molecule has 0 fully saturated rings. The van der Waals surface area contributed by atoms with Crippen LogP contribution in [0.15, 0.2) is 59.8 Å². The van der Waals surface area contributed by atoms with Crippen molar-refractivity contribution in [2.75, 3.05) is 5.32 Å². The van der Waals surface area contributed by atoms with Crippen molar-refractivity contribution < 1.29 is 4.79 Å². The highest BCUT2D eigenvalue weighted by Crippen LogP contribution is 2.29. The molecular weight excluding hydrogens is 354 g/mol. The fourth-order valence-corrected chi connectivity index (χ4v) is 3.27. The Balaban J connectivity index is 1.96. The summed E-state index contributed by atoms with van der Waals surface area (Å²) in [6.45, 7) is 3.88. The van der Waals surface area contributed by atoms with Crippen LogP contribution in [0.2, 0.25) is 5.02 Å². The van der Waals surface area contributed by atoms with Gasteiger partial charge in [-0.25, -0.2) is 0 Å². The van der Waals surface area contributed by atoms with E-state index >= 15 is 0 Å². The van der Waals surface area contributed by atoms with Crippen LogP contribution in [0.5, 0.6) is 0 Å². The first-order valence-corrected chi connectivity index (χ1v) is 8.65. The molecule has 1 aliphatic rings. The van der Waals surface area contributed by atoms with Crippen molar-refractivity contribution in [2.24, 2.45) is 0 Å². The summed E-state index contributed by atoms with van der Waals surface area (Å²) in [5.74, 6) is -0.185. The lowest BCUT2D eigenvalue weighted by atomic mass is 9.92. The quantitative estimate of drug-likeness (QED) is 0.711. The number of carbonyl (C=O) groups excluding carboxylic acids is 1.